The predicted octanol–water partition coefficient (Wildman–Crippen LogP) is 3.32. The first-order chi connectivity index (χ1) is 11.9. The molecule has 7 nitrogen and oxygen atoms in total. The monoisotopic (exact) mass is 365 g/mol. The first-order valence-electron chi connectivity index (χ1n) is 7.06. The molecule has 0 unspecified atom stereocenters. The fourth-order valence-corrected chi connectivity index (χ4v) is 2.51. The zero-order valence-corrected chi connectivity index (χ0v) is 14.5. The van der Waals surface area contributed by atoms with Crippen LogP contribution in [0.1, 0.15) is 20.7 Å². The highest BCUT2D eigenvalue weighted by Gasteiger charge is 2.20. The van der Waals surface area contributed by atoms with Gasteiger partial charge < -0.3 is 24.6 Å². The molecule has 0 aromatic heterocycles. The average molecular weight is 366 g/mol. The summed E-state index contributed by atoms with van der Waals surface area (Å²) in [5.41, 5.74) is 0.0922. The van der Waals surface area contributed by atoms with Crippen molar-refractivity contribution < 1.29 is 28.9 Å². The smallest absolute Gasteiger partial charge is 0.339 e. The number of carboxylic acids is 1. The quantitative estimate of drug-likeness (QED) is 0.815. The second kappa shape index (κ2) is 7.76. The minimum Gasteiger partial charge on any atom is -0.493 e. The van der Waals surface area contributed by atoms with Crippen molar-refractivity contribution in [1.29, 1.82) is 0 Å². The van der Waals surface area contributed by atoms with E-state index in [4.69, 9.17) is 25.8 Å². The molecule has 132 valence electrons. The number of halogens is 1. The van der Waals surface area contributed by atoms with Crippen LogP contribution in [0, 0.1) is 0 Å². The normalized spacial score (nSPS) is 10.1. The van der Waals surface area contributed by atoms with E-state index in [1.807, 2.05) is 0 Å². The lowest BCUT2D eigenvalue weighted by molar-refractivity contribution is 0.0698. The van der Waals surface area contributed by atoms with Crippen molar-refractivity contribution in [3.8, 4) is 17.2 Å². The molecular formula is C17H16ClNO6. The Kier molecular flexibility index (Phi) is 5.71. The van der Waals surface area contributed by atoms with E-state index in [0.29, 0.717) is 17.2 Å². The number of carbonyl (C=O) groups is 2. The number of rotatable bonds is 6. The predicted molar refractivity (Wildman–Crippen MR) is 92.5 cm³/mol. The van der Waals surface area contributed by atoms with Crippen LogP contribution in [0.5, 0.6) is 17.2 Å². The fourth-order valence-electron chi connectivity index (χ4n) is 2.25. The number of methoxy groups -OCH3 is 3. The molecule has 0 aliphatic rings. The molecule has 0 spiro atoms. The summed E-state index contributed by atoms with van der Waals surface area (Å²) in [6.07, 6.45) is 0. The molecule has 2 rings (SSSR count). The number of hydrogen-bond acceptors (Lipinski definition) is 5. The van der Waals surface area contributed by atoms with Crippen LogP contribution < -0.4 is 19.5 Å². The number of carboxylic acid groups (broad SMARTS) is 1. The van der Waals surface area contributed by atoms with Gasteiger partial charge in [0.15, 0.2) is 11.5 Å². The Morgan fingerprint density at radius 2 is 1.64 bits per heavy atom. The van der Waals surface area contributed by atoms with Gasteiger partial charge in [0.25, 0.3) is 5.91 Å². The Bertz CT molecular complexity index is 796. The third kappa shape index (κ3) is 3.77. The molecule has 0 heterocycles. The molecule has 2 aromatic carbocycles. The third-order valence-electron chi connectivity index (χ3n) is 3.40. The number of benzene rings is 2. The summed E-state index contributed by atoms with van der Waals surface area (Å²) in [5, 5.41) is 11.8. The second-order valence-electron chi connectivity index (χ2n) is 4.84. The minimum atomic E-state index is -1.24. The molecule has 0 radical (unpaired) electrons. The maximum atomic E-state index is 12.5. The van der Waals surface area contributed by atoms with Gasteiger partial charge in [-0.1, -0.05) is 17.7 Å². The highest BCUT2D eigenvalue weighted by Crippen LogP contribution is 2.38. The van der Waals surface area contributed by atoms with Crippen LogP contribution in [0.4, 0.5) is 5.69 Å². The van der Waals surface area contributed by atoms with Gasteiger partial charge >= 0.3 is 5.97 Å². The number of hydrogen-bond donors (Lipinski definition) is 2. The molecule has 0 saturated heterocycles. The van der Waals surface area contributed by atoms with E-state index in [1.165, 1.54) is 45.6 Å². The van der Waals surface area contributed by atoms with Crippen LogP contribution in [0.3, 0.4) is 0 Å². The Labute approximate surface area is 149 Å². The van der Waals surface area contributed by atoms with Gasteiger partial charge in [-0.05, 0) is 24.3 Å². The van der Waals surface area contributed by atoms with Crippen molar-refractivity contribution in [3.63, 3.8) is 0 Å². The topological polar surface area (TPSA) is 94.1 Å². The Hall–Kier alpha value is -2.93. The zero-order chi connectivity index (χ0) is 18.6. The number of nitrogens with one attached hydrogen (secondary N) is 1. The summed E-state index contributed by atoms with van der Waals surface area (Å²) < 4.78 is 15.6. The first-order valence-corrected chi connectivity index (χ1v) is 7.43. The highest BCUT2D eigenvalue weighted by atomic mass is 35.5. The summed E-state index contributed by atoms with van der Waals surface area (Å²) in [6.45, 7) is 0. The van der Waals surface area contributed by atoms with E-state index in [-0.39, 0.29) is 21.8 Å². The van der Waals surface area contributed by atoms with Gasteiger partial charge in [-0.25, -0.2) is 4.79 Å². The van der Waals surface area contributed by atoms with Gasteiger partial charge in [-0.15, -0.1) is 0 Å². The molecule has 2 aromatic rings. The van der Waals surface area contributed by atoms with Crippen molar-refractivity contribution in [3.05, 3.63) is 46.5 Å². The minimum absolute atomic E-state index is 0.0233. The van der Waals surface area contributed by atoms with E-state index >= 15 is 0 Å². The maximum absolute atomic E-state index is 12.5. The van der Waals surface area contributed by atoms with Crippen LogP contribution in [0.25, 0.3) is 0 Å². The molecule has 25 heavy (non-hydrogen) atoms. The number of aromatic carboxylic acids is 1. The third-order valence-corrected chi connectivity index (χ3v) is 3.72. The lowest BCUT2D eigenvalue weighted by atomic mass is 10.1. The molecule has 2 N–H and O–H groups in total. The lowest BCUT2D eigenvalue weighted by Gasteiger charge is -2.14. The van der Waals surface area contributed by atoms with Crippen LogP contribution >= 0.6 is 11.6 Å². The lowest BCUT2D eigenvalue weighted by Crippen LogP contribution is -2.15. The van der Waals surface area contributed by atoms with E-state index < -0.39 is 11.9 Å². The summed E-state index contributed by atoms with van der Waals surface area (Å²) in [5.74, 6) is -0.849. The number of carbonyl (C=O) groups excluding carboxylic acids is 1. The van der Waals surface area contributed by atoms with E-state index in [9.17, 15) is 14.7 Å². The van der Waals surface area contributed by atoms with E-state index in [1.54, 1.807) is 6.07 Å². The molecule has 0 aliphatic carbocycles. The summed E-state index contributed by atoms with van der Waals surface area (Å²) >= 11 is 5.90. The van der Waals surface area contributed by atoms with E-state index in [2.05, 4.69) is 5.32 Å². The fraction of sp³-hybridized carbons (Fsp3) is 0.176. The van der Waals surface area contributed by atoms with Gasteiger partial charge in [-0.2, -0.15) is 0 Å². The van der Waals surface area contributed by atoms with Crippen molar-refractivity contribution >= 4 is 29.2 Å². The van der Waals surface area contributed by atoms with Gasteiger partial charge in [0.2, 0.25) is 5.75 Å². The Balaban J connectivity index is 2.43. The Morgan fingerprint density at radius 3 is 2.12 bits per heavy atom. The van der Waals surface area contributed by atoms with Crippen LogP contribution in [0.15, 0.2) is 30.3 Å². The second-order valence-corrected chi connectivity index (χ2v) is 5.24. The molecule has 1 amide bonds. The summed E-state index contributed by atoms with van der Waals surface area (Å²) in [7, 11) is 4.31. The summed E-state index contributed by atoms with van der Waals surface area (Å²) in [6, 6.07) is 7.34. The van der Waals surface area contributed by atoms with E-state index in [0.717, 1.165) is 0 Å². The van der Waals surface area contributed by atoms with Crippen molar-refractivity contribution in [2.75, 3.05) is 26.6 Å². The first kappa shape index (κ1) is 18.4. The van der Waals surface area contributed by atoms with Crippen LogP contribution in [-0.4, -0.2) is 38.3 Å². The van der Waals surface area contributed by atoms with Crippen molar-refractivity contribution in [2.24, 2.45) is 0 Å². The molecule has 0 aliphatic heterocycles. The van der Waals surface area contributed by atoms with Gasteiger partial charge in [0.05, 0.1) is 32.0 Å². The maximum Gasteiger partial charge on any atom is 0.339 e. The molecule has 0 fully saturated rings. The summed E-state index contributed by atoms with van der Waals surface area (Å²) in [4.78, 5) is 23.9. The number of ether oxygens (including phenoxy) is 3. The SMILES string of the molecule is COc1cc(C(=O)Nc2cccc(Cl)c2C(=O)O)cc(OC)c1OC. The number of amides is 1. The average Bonchev–Trinajstić information content (AvgIpc) is 2.59. The molecule has 0 atom stereocenters. The van der Waals surface area contributed by atoms with Gasteiger partial charge in [0, 0.05) is 5.56 Å². The Morgan fingerprint density at radius 1 is 1.04 bits per heavy atom. The molecule has 8 heteroatoms. The highest BCUT2D eigenvalue weighted by molar-refractivity contribution is 6.34. The van der Waals surface area contributed by atoms with Crippen LogP contribution in [0.2, 0.25) is 5.02 Å². The molecular weight excluding hydrogens is 350 g/mol. The standard InChI is InChI=1S/C17H16ClNO6/c1-23-12-7-9(8-13(24-2)15(12)25-3)16(20)19-11-6-4-5-10(18)14(11)17(21)22/h4-8H,1-3H3,(H,19,20)(H,21,22). The van der Waals surface area contributed by atoms with Gasteiger partial charge in [0.1, 0.15) is 5.56 Å². The zero-order valence-electron chi connectivity index (χ0n) is 13.8. The van der Waals surface area contributed by atoms with Crippen LogP contribution in [-0.2, 0) is 0 Å². The number of anilines is 1. The molecule has 0 bridgehead atoms. The van der Waals surface area contributed by atoms with Crippen molar-refractivity contribution in [2.45, 2.75) is 0 Å². The van der Waals surface area contributed by atoms with Crippen molar-refractivity contribution in [1.82, 2.24) is 0 Å². The molecule has 0 saturated carbocycles. The van der Waals surface area contributed by atoms with Gasteiger partial charge in [-0.3, -0.25) is 4.79 Å². The largest absolute Gasteiger partial charge is 0.493 e.